The van der Waals surface area contributed by atoms with Crippen LogP contribution in [0, 0.1) is 0 Å². The molecule has 1 aromatic carbocycles. The fourth-order valence-corrected chi connectivity index (χ4v) is 3.68. The molecule has 4 heterocycles. The molecule has 158 valence electrons. The van der Waals surface area contributed by atoms with Gasteiger partial charge in [0.1, 0.15) is 5.65 Å². The van der Waals surface area contributed by atoms with Crippen molar-refractivity contribution in [1.29, 1.82) is 0 Å². The summed E-state index contributed by atoms with van der Waals surface area (Å²) in [7, 11) is 0. The highest BCUT2D eigenvalue weighted by molar-refractivity contribution is 5.94. The van der Waals surface area contributed by atoms with Crippen molar-refractivity contribution in [2.75, 3.05) is 0 Å². The SMILES string of the molecule is CC(C)NC(=O)c1ccc(-c2ccc3ncc(-c4ccnc(-c5ccoc5)c4)n3c2)cc1. The predicted octanol–water partition coefficient (Wildman–Crippen LogP) is 5.46. The maximum Gasteiger partial charge on any atom is 0.251 e. The normalized spacial score (nSPS) is 11.2. The van der Waals surface area contributed by atoms with E-state index in [4.69, 9.17) is 4.42 Å². The quantitative estimate of drug-likeness (QED) is 0.408. The number of amides is 1. The van der Waals surface area contributed by atoms with E-state index in [9.17, 15) is 4.79 Å². The van der Waals surface area contributed by atoms with Gasteiger partial charge in [0.2, 0.25) is 0 Å². The van der Waals surface area contributed by atoms with Crippen molar-refractivity contribution in [3.05, 3.63) is 91.3 Å². The number of aromatic nitrogens is 3. The van der Waals surface area contributed by atoms with Crippen molar-refractivity contribution in [2.45, 2.75) is 19.9 Å². The number of fused-ring (bicyclic) bond motifs is 1. The third-order valence-electron chi connectivity index (χ3n) is 5.28. The Kier molecular flexibility index (Phi) is 5.03. The second-order valence-corrected chi connectivity index (χ2v) is 7.94. The summed E-state index contributed by atoms with van der Waals surface area (Å²) in [6.07, 6.45) is 9.05. The molecule has 4 aromatic heterocycles. The van der Waals surface area contributed by atoms with Gasteiger partial charge in [-0.3, -0.25) is 14.2 Å². The first-order valence-electron chi connectivity index (χ1n) is 10.5. The number of hydrogen-bond acceptors (Lipinski definition) is 4. The van der Waals surface area contributed by atoms with Crippen molar-refractivity contribution in [2.24, 2.45) is 0 Å². The molecule has 0 saturated carbocycles. The summed E-state index contributed by atoms with van der Waals surface area (Å²) in [5, 5.41) is 2.92. The minimum absolute atomic E-state index is 0.0648. The lowest BCUT2D eigenvalue weighted by Crippen LogP contribution is -2.29. The topological polar surface area (TPSA) is 72.4 Å². The van der Waals surface area contributed by atoms with E-state index >= 15 is 0 Å². The molecule has 0 unspecified atom stereocenters. The Morgan fingerprint density at radius 3 is 2.50 bits per heavy atom. The average molecular weight is 422 g/mol. The van der Waals surface area contributed by atoms with Gasteiger partial charge in [-0.15, -0.1) is 0 Å². The van der Waals surface area contributed by atoms with Crippen LogP contribution in [0.3, 0.4) is 0 Å². The number of carbonyl (C=O) groups is 1. The number of nitrogens with one attached hydrogen (secondary N) is 1. The van der Waals surface area contributed by atoms with Gasteiger partial charge in [-0.05, 0) is 67.4 Å². The Morgan fingerprint density at radius 2 is 1.75 bits per heavy atom. The first kappa shape index (κ1) is 19.8. The van der Waals surface area contributed by atoms with Crippen LogP contribution in [0.25, 0.3) is 39.3 Å². The first-order valence-corrected chi connectivity index (χ1v) is 10.5. The molecule has 6 heteroatoms. The number of furan rings is 1. The second-order valence-electron chi connectivity index (χ2n) is 7.94. The molecule has 32 heavy (non-hydrogen) atoms. The molecule has 0 aliphatic carbocycles. The highest BCUT2D eigenvalue weighted by Crippen LogP contribution is 2.28. The minimum atomic E-state index is -0.0648. The van der Waals surface area contributed by atoms with E-state index in [1.807, 2.05) is 74.6 Å². The lowest BCUT2D eigenvalue weighted by atomic mass is 10.0. The van der Waals surface area contributed by atoms with Gasteiger partial charge in [-0.1, -0.05) is 12.1 Å². The van der Waals surface area contributed by atoms with Crippen LogP contribution in [-0.4, -0.2) is 26.3 Å². The van der Waals surface area contributed by atoms with E-state index in [0.717, 1.165) is 39.3 Å². The molecule has 5 rings (SSSR count). The van der Waals surface area contributed by atoms with Crippen LogP contribution in [0.4, 0.5) is 0 Å². The Bertz CT molecular complexity index is 1380. The van der Waals surface area contributed by atoms with Gasteiger partial charge >= 0.3 is 0 Å². The highest BCUT2D eigenvalue weighted by Gasteiger charge is 2.11. The molecule has 0 spiro atoms. The summed E-state index contributed by atoms with van der Waals surface area (Å²) < 4.78 is 7.27. The lowest BCUT2D eigenvalue weighted by Gasteiger charge is -2.10. The first-order chi connectivity index (χ1) is 15.6. The molecule has 1 amide bonds. The zero-order valence-corrected chi connectivity index (χ0v) is 17.8. The number of pyridine rings is 2. The highest BCUT2D eigenvalue weighted by atomic mass is 16.3. The van der Waals surface area contributed by atoms with Crippen molar-refractivity contribution < 1.29 is 9.21 Å². The van der Waals surface area contributed by atoms with Gasteiger partial charge in [0, 0.05) is 35.1 Å². The van der Waals surface area contributed by atoms with Gasteiger partial charge in [0.05, 0.1) is 30.1 Å². The minimum Gasteiger partial charge on any atom is -0.472 e. The summed E-state index contributed by atoms with van der Waals surface area (Å²) in [5.74, 6) is -0.0648. The molecular weight excluding hydrogens is 400 g/mol. The summed E-state index contributed by atoms with van der Waals surface area (Å²) in [6, 6.07) is 17.7. The Balaban J connectivity index is 1.50. The van der Waals surface area contributed by atoms with E-state index in [-0.39, 0.29) is 11.9 Å². The third kappa shape index (κ3) is 3.78. The fourth-order valence-electron chi connectivity index (χ4n) is 3.68. The zero-order valence-electron chi connectivity index (χ0n) is 17.8. The molecule has 0 radical (unpaired) electrons. The largest absolute Gasteiger partial charge is 0.472 e. The molecule has 0 atom stereocenters. The summed E-state index contributed by atoms with van der Waals surface area (Å²) in [6.45, 7) is 3.90. The van der Waals surface area contributed by atoms with Crippen molar-refractivity contribution in [3.63, 3.8) is 0 Å². The number of rotatable bonds is 5. The zero-order chi connectivity index (χ0) is 22.1. The van der Waals surface area contributed by atoms with Crippen molar-refractivity contribution in [3.8, 4) is 33.6 Å². The number of imidazole rings is 1. The van der Waals surface area contributed by atoms with Crippen LogP contribution >= 0.6 is 0 Å². The summed E-state index contributed by atoms with van der Waals surface area (Å²) >= 11 is 0. The number of hydrogen-bond donors (Lipinski definition) is 1. The average Bonchev–Trinajstić information content (AvgIpc) is 3.49. The van der Waals surface area contributed by atoms with E-state index in [1.54, 1.807) is 18.7 Å². The van der Waals surface area contributed by atoms with Crippen LogP contribution in [0.5, 0.6) is 0 Å². The number of carbonyl (C=O) groups excluding carboxylic acids is 1. The van der Waals surface area contributed by atoms with Crippen LogP contribution in [0.2, 0.25) is 0 Å². The number of benzene rings is 1. The second kappa shape index (κ2) is 8.15. The molecule has 0 aliphatic rings. The van der Waals surface area contributed by atoms with E-state index < -0.39 is 0 Å². The smallest absolute Gasteiger partial charge is 0.251 e. The standard InChI is InChI=1S/C26H22N4O2/c1-17(2)29-26(31)19-5-3-18(4-6-19)21-7-8-25-28-14-24(30(25)15-21)20-9-11-27-23(13-20)22-10-12-32-16-22/h3-17H,1-2H3,(H,29,31). The van der Waals surface area contributed by atoms with E-state index in [2.05, 4.69) is 25.9 Å². The van der Waals surface area contributed by atoms with Gasteiger partial charge in [0.25, 0.3) is 5.91 Å². The summed E-state index contributed by atoms with van der Waals surface area (Å²) in [5.41, 5.74) is 7.34. The van der Waals surface area contributed by atoms with Gasteiger partial charge in [-0.2, -0.15) is 0 Å². The molecule has 0 bridgehead atoms. The van der Waals surface area contributed by atoms with Crippen molar-refractivity contribution >= 4 is 11.6 Å². The van der Waals surface area contributed by atoms with Crippen LogP contribution < -0.4 is 5.32 Å². The number of nitrogens with zero attached hydrogens (tertiary/aromatic N) is 3. The Morgan fingerprint density at radius 1 is 0.938 bits per heavy atom. The molecule has 6 nitrogen and oxygen atoms in total. The molecule has 0 aliphatic heterocycles. The monoisotopic (exact) mass is 422 g/mol. The fraction of sp³-hybridized carbons (Fsp3) is 0.115. The van der Waals surface area contributed by atoms with E-state index in [0.29, 0.717) is 5.56 Å². The lowest BCUT2D eigenvalue weighted by molar-refractivity contribution is 0.0943. The Labute approximate surface area is 185 Å². The van der Waals surface area contributed by atoms with Gasteiger partial charge < -0.3 is 9.73 Å². The van der Waals surface area contributed by atoms with Crippen LogP contribution in [-0.2, 0) is 0 Å². The molecule has 1 N–H and O–H groups in total. The van der Waals surface area contributed by atoms with Crippen LogP contribution in [0.1, 0.15) is 24.2 Å². The maximum atomic E-state index is 12.2. The molecule has 0 saturated heterocycles. The van der Waals surface area contributed by atoms with Gasteiger partial charge in [-0.25, -0.2) is 4.98 Å². The van der Waals surface area contributed by atoms with Crippen molar-refractivity contribution in [1.82, 2.24) is 19.7 Å². The van der Waals surface area contributed by atoms with Crippen LogP contribution in [0.15, 0.2) is 90.1 Å². The van der Waals surface area contributed by atoms with Gasteiger partial charge in [0.15, 0.2) is 0 Å². The maximum absolute atomic E-state index is 12.2. The Hall–Kier alpha value is -4.19. The third-order valence-corrected chi connectivity index (χ3v) is 5.28. The predicted molar refractivity (Wildman–Crippen MR) is 124 cm³/mol. The molecular formula is C26H22N4O2. The molecule has 5 aromatic rings. The van der Waals surface area contributed by atoms with E-state index in [1.165, 1.54) is 0 Å². The summed E-state index contributed by atoms with van der Waals surface area (Å²) in [4.78, 5) is 21.2. The molecule has 0 fully saturated rings.